The van der Waals surface area contributed by atoms with Crippen LogP contribution >= 0.6 is 0 Å². The third kappa shape index (κ3) is 4.96. The van der Waals surface area contributed by atoms with Gasteiger partial charge < -0.3 is 60.5 Å². The summed E-state index contributed by atoms with van der Waals surface area (Å²) in [5.74, 6) is -2.22. The summed E-state index contributed by atoms with van der Waals surface area (Å²) in [5, 5.41) is 76.7. The maximum absolute atomic E-state index is 10.00. The van der Waals surface area contributed by atoms with Crippen molar-refractivity contribution in [2.75, 3.05) is 19.8 Å². The molecule has 0 aliphatic carbocycles. The zero-order valence-corrected chi connectivity index (χ0v) is 12.5. The number of hydrogen-bond donors (Lipinski definition) is 8. The molecule has 0 unspecified atom stereocenters. The first-order valence-corrected chi connectivity index (χ1v) is 7.05. The average Bonchev–Trinajstić information content (AvgIpc) is 2.80. The van der Waals surface area contributed by atoms with Crippen molar-refractivity contribution in [2.45, 2.75) is 54.8 Å². The van der Waals surface area contributed by atoms with Gasteiger partial charge in [-0.25, -0.2) is 0 Å². The number of aliphatic hydroxyl groups is 8. The van der Waals surface area contributed by atoms with E-state index in [1.165, 1.54) is 0 Å². The van der Waals surface area contributed by atoms with Crippen molar-refractivity contribution in [2.24, 2.45) is 0 Å². The topological polar surface area (TPSA) is 221 Å². The molecule has 2 aliphatic rings. The molecule has 0 amide bonds. The van der Waals surface area contributed by atoms with Gasteiger partial charge in [0.25, 0.3) is 0 Å². The first-order valence-electron chi connectivity index (χ1n) is 7.05. The van der Waals surface area contributed by atoms with Crippen LogP contribution in [-0.4, -0.2) is 172 Å². The number of rotatable bonds is 5. The van der Waals surface area contributed by atoms with Gasteiger partial charge in [-0.3, -0.25) is 0 Å². The van der Waals surface area contributed by atoms with E-state index in [4.69, 9.17) is 24.4 Å². The normalized spacial score (nSPS) is 47.0. The van der Waals surface area contributed by atoms with Crippen molar-refractivity contribution in [3.63, 3.8) is 0 Å². The molecule has 2 rings (SSSR count). The van der Waals surface area contributed by atoms with Crippen LogP contribution < -0.4 is 0 Å². The Balaban J connectivity index is 0.00000288. The van der Waals surface area contributed by atoms with E-state index >= 15 is 0 Å². The van der Waals surface area contributed by atoms with Crippen LogP contribution in [0, 0.1) is 0 Å². The summed E-state index contributed by atoms with van der Waals surface area (Å²) in [6.45, 7) is -2.32. The Hall–Kier alpha value is 1.16. The van der Waals surface area contributed by atoms with Crippen molar-refractivity contribution < 1.29 is 60.5 Å². The van der Waals surface area contributed by atoms with Crippen LogP contribution in [0.1, 0.15) is 0 Å². The van der Waals surface area contributed by atoms with Crippen LogP contribution in [0.25, 0.3) is 0 Å². The van der Waals surface area contributed by atoms with E-state index in [1.807, 2.05) is 0 Å². The number of ether oxygens (including phenoxy) is 3. The second kappa shape index (κ2) is 10.6. The molecular formula is C12H25KO12. The molecule has 13 heteroatoms. The van der Waals surface area contributed by atoms with Gasteiger partial charge in [0, 0.05) is 0 Å². The average molecular weight is 400 g/mol. The molecule has 2 heterocycles. The summed E-state index contributed by atoms with van der Waals surface area (Å²) in [6, 6.07) is 0. The summed E-state index contributed by atoms with van der Waals surface area (Å²) in [4.78, 5) is 0. The van der Waals surface area contributed by atoms with Gasteiger partial charge in [0.2, 0.25) is 5.79 Å². The quantitative estimate of drug-likeness (QED) is 0.202. The van der Waals surface area contributed by atoms with Crippen LogP contribution in [-0.2, 0) is 14.2 Å². The SMILES string of the molecule is O.OC[C@H]1O[C@@](CO)(O[C@H]2O[C@H](CO)[C@@H](O)[C@H](O)[C@H]2O)[C@@H](O)[C@@H]1O.[KH]. The van der Waals surface area contributed by atoms with Gasteiger partial charge in [-0.1, -0.05) is 0 Å². The van der Waals surface area contributed by atoms with Crippen molar-refractivity contribution in [1.29, 1.82) is 0 Å². The fourth-order valence-electron chi connectivity index (χ4n) is 2.63. The summed E-state index contributed by atoms with van der Waals surface area (Å²) in [6.07, 6.45) is -12.7. The molecule has 25 heavy (non-hydrogen) atoms. The second-order valence-electron chi connectivity index (χ2n) is 5.56. The van der Waals surface area contributed by atoms with Crippen LogP contribution in [0.5, 0.6) is 0 Å². The van der Waals surface area contributed by atoms with Gasteiger partial charge in [-0.2, -0.15) is 0 Å². The molecule has 10 N–H and O–H groups in total. The Morgan fingerprint density at radius 3 is 1.80 bits per heavy atom. The Labute approximate surface area is 185 Å². The molecule has 0 aromatic heterocycles. The third-order valence-corrected chi connectivity index (χ3v) is 4.07. The Morgan fingerprint density at radius 1 is 0.800 bits per heavy atom. The molecule has 2 aliphatic heterocycles. The molecule has 146 valence electrons. The van der Waals surface area contributed by atoms with Gasteiger partial charge in [-0.15, -0.1) is 0 Å². The van der Waals surface area contributed by atoms with E-state index in [-0.39, 0.29) is 56.9 Å². The predicted octanol–water partition coefficient (Wildman–Crippen LogP) is -6.87. The van der Waals surface area contributed by atoms with Crippen LogP contribution in [0.3, 0.4) is 0 Å². The standard InChI is InChI=1S/C12H22O11.K.H2O.H/c13-1-4-6(16)8(18)9(19)11(21-4)23-12(3-15)10(20)7(17)5(2-14)22-12;;;/h4-11,13-20H,1-3H2;;1H2;/t4-,5-,6-,7-,8+,9-,10+,11-,12+;;;/m1.../s1. The van der Waals surface area contributed by atoms with E-state index < -0.39 is 74.6 Å². The minimum absolute atomic E-state index is 0. The fraction of sp³-hybridized carbons (Fsp3) is 1.00. The molecule has 0 bridgehead atoms. The van der Waals surface area contributed by atoms with Crippen molar-refractivity contribution in [3.05, 3.63) is 0 Å². The van der Waals surface area contributed by atoms with Crippen LogP contribution in [0.15, 0.2) is 0 Å². The Kier molecular flexibility index (Phi) is 11.1. The van der Waals surface area contributed by atoms with Gasteiger partial charge in [0.15, 0.2) is 6.29 Å². The van der Waals surface area contributed by atoms with Crippen molar-refractivity contribution >= 4 is 51.4 Å². The van der Waals surface area contributed by atoms with Crippen LogP contribution in [0.4, 0.5) is 0 Å². The van der Waals surface area contributed by atoms with Crippen molar-refractivity contribution in [3.8, 4) is 0 Å². The first-order chi connectivity index (χ1) is 10.8. The van der Waals surface area contributed by atoms with E-state index in [0.717, 1.165) is 0 Å². The zero-order chi connectivity index (χ0) is 17.4. The summed E-state index contributed by atoms with van der Waals surface area (Å²) < 4.78 is 15.4. The van der Waals surface area contributed by atoms with Gasteiger partial charge in [-0.05, 0) is 0 Å². The molecular weight excluding hydrogens is 375 g/mol. The van der Waals surface area contributed by atoms with E-state index in [2.05, 4.69) is 0 Å². The molecule has 0 aromatic carbocycles. The van der Waals surface area contributed by atoms with E-state index in [0.29, 0.717) is 0 Å². The molecule has 0 aromatic rings. The van der Waals surface area contributed by atoms with E-state index in [1.54, 1.807) is 0 Å². The Bertz CT molecular complexity index is 400. The molecule has 0 spiro atoms. The van der Waals surface area contributed by atoms with Gasteiger partial charge >= 0.3 is 51.4 Å². The molecule has 2 fully saturated rings. The zero-order valence-electron chi connectivity index (χ0n) is 12.5. The van der Waals surface area contributed by atoms with Crippen LogP contribution in [0.2, 0.25) is 0 Å². The number of aliphatic hydroxyl groups excluding tert-OH is 8. The predicted molar refractivity (Wildman–Crippen MR) is 79.4 cm³/mol. The number of hydrogen-bond acceptors (Lipinski definition) is 11. The van der Waals surface area contributed by atoms with E-state index in [9.17, 15) is 30.6 Å². The van der Waals surface area contributed by atoms with Gasteiger partial charge in [0.05, 0.1) is 13.2 Å². The first kappa shape index (κ1) is 26.2. The minimum atomic E-state index is -2.22. The second-order valence-corrected chi connectivity index (χ2v) is 5.56. The molecule has 0 radical (unpaired) electrons. The Morgan fingerprint density at radius 2 is 1.36 bits per heavy atom. The molecule has 2 saturated heterocycles. The molecule has 0 saturated carbocycles. The molecule has 9 atom stereocenters. The van der Waals surface area contributed by atoms with Crippen molar-refractivity contribution in [1.82, 2.24) is 0 Å². The maximum atomic E-state index is 10.00. The van der Waals surface area contributed by atoms with Gasteiger partial charge in [0.1, 0.15) is 49.3 Å². The monoisotopic (exact) mass is 400 g/mol. The fourth-order valence-corrected chi connectivity index (χ4v) is 2.63. The summed E-state index contributed by atoms with van der Waals surface area (Å²) in [5.41, 5.74) is 0. The summed E-state index contributed by atoms with van der Waals surface area (Å²) >= 11 is 0. The third-order valence-electron chi connectivity index (χ3n) is 4.07. The molecule has 12 nitrogen and oxygen atoms in total. The summed E-state index contributed by atoms with van der Waals surface area (Å²) in [7, 11) is 0.